The molecule has 0 aliphatic heterocycles. The molecule has 0 saturated heterocycles. The molecule has 0 aliphatic carbocycles. The van der Waals surface area contributed by atoms with Crippen LogP contribution in [0.2, 0.25) is 0 Å². The number of hydrogen-bond acceptors (Lipinski definition) is 5. The number of aryl methyl sites for hydroxylation is 2. The summed E-state index contributed by atoms with van der Waals surface area (Å²) in [6.07, 6.45) is 0. The second kappa shape index (κ2) is 5.05. The lowest BCUT2D eigenvalue weighted by Gasteiger charge is -2.14. The van der Waals surface area contributed by atoms with Gasteiger partial charge in [0.1, 0.15) is 16.9 Å². The molecule has 0 bridgehead atoms. The Hall–Kier alpha value is -2.63. The van der Waals surface area contributed by atoms with Crippen LogP contribution in [-0.4, -0.2) is 17.0 Å². The van der Waals surface area contributed by atoms with E-state index in [0.717, 1.165) is 0 Å². The van der Waals surface area contributed by atoms with Gasteiger partial charge in [-0.1, -0.05) is 0 Å². The minimum atomic E-state index is -1.36. The van der Waals surface area contributed by atoms with Crippen molar-refractivity contribution in [3.63, 3.8) is 0 Å². The van der Waals surface area contributed by atoms with E-state index in [1.807, 2.05) is 0 Å². The quantitative estimate of drug-likeness (QED) is 0.518. The van der Waals surface area contributed by atoms with Gasteiger partial charge in [-0.05, 0) is 38.0 Å². The molecule has 0 aliphatic rings. The van der Waals surface area contributed by atoms with Gasteiger partial charge in [0.05, 0.1) is 0 Å². The van der Waals surface area contributed by atoms with Crippen molar-refractivity contribution >= 4 is 22.9 Å². The van der Waals surface area contributed by atoms with Gasteiger partial charge in [-0.15, -0.1) is 0 Å². The van der Waals surface area contributed by atoms with Crippen molar-refractivity contribution in [2.24, 2.45) is 0 Å². The fourth-order valence-electron chi connectivity index (χ4n) is 2.22. The SMILES string of the molecule is CC(=O)Oc1c(C)c(C)c2oc(=O)c(C(=O)O)cc2c1C. The van der Waals surface area contributed by atoms with Gasteiger partial charge in [0, 0.05) is 17.9 Å². The summed E-state index contributed by atoms with van der Waals surface area (Å²) in [5.74, 6) is -1.48. The van der Waals surface area contributed by atoms with E-state index < -0.39 is 23.1 Å². The third-order valence-electron chi connectivity index (χ3n) is 3.41. The third kappa shape index (κ3) is 2.40. The first-order chi connectivity index (χ1) is 9.73. The maximum atomic E-state index is 11.7. The van der Waals surface area contributed by atoms with Gasteiger partial charge >= 0.3 is 17.6 Å². The summed E-state index contributed by atoms with van der Waals surface area (Å²) < 4.78 is 10.3. The van der Waals surface area contributed by atoms with Crippen LogP contribution >= 0.6 is 0 Å². The van der Waals surface area contributed by atoms with Crippen LogP contribution in [0.25, 0.3) is 11.0 Å². The van der Waals surface area contributed by atoms with Crippen molar-refractivity contribution in [3.05, 3.63) is 38.7 Å². The minimum absolute atomic E-state index is 0.302. The number of esters is 1. The summed E-state index contributed by atoms with van der Waals surface area (Å²) in [6, 6.07) is 1.25. The molecule has 110 valence electrons. The zero-order chi connectivity index (χ0) is 15.9. The molecular formula is C15H14O6. The van der Waals surface area contributed by atoms with Crippen molar-refractivity contribution < 1.29 is 23.8 Å². The second-order valence-electron chi connectivity index (χ2n) is 4.79. The van der Waals surface area contributed by atoms with Gasteiger partial charge in [-0.25, -0.2) is 9.59 Å². The summed E-state index contributed by atoms with van der Waals surface area (Å²) >= 11 is 0. The average molecular weight is 290 g/mol. The zero-order valence-electron chi connectivity index (χ0n) is 12.1. The van der Waals surface area contributed by atoms with E-state index in [9.17, 15) is 14.4 Å². The number of rotatable bonds is 2. The fraction of sp³-hybridized carbons (Fsp3) is 0.267. The van der Waals surface area contributed by atoms with E-state index in [4.69, 9.17) is 14.3 Å². The lowest BCUT2D eigenvalue weighted by atomic mass is 9.99. The lowest BCUT2D eigenvalue weighted by Crippen LogP contribution is -2.14. The Kier molecular flexibility index (Phi) is 3.55. The number of hydrogen-bond donors (Lipinski definition) is 1. The number of carboxylic acids is 1. The Balaban J connectivity index is 2.93. The topological polar surface area (TPSA) is 93.8 Å². The largest absolute Gasteiger partial charge is 0.477 e. The van der Waals surface area contributed by atoms with Crippen molar-refractivity contribution in [1.29, 1.82) is 0 Å². The summed E-state index contributed by atoms with van der Waals surface area (Å²) in [5, 5.41) is 9.45. The van der Waals surface area contributed by atoms with E-state index in [1.165, 1.54) is 13.0 Å². The maximum absolute atomic E-state index is 11.7. The Morgan fingerprint density at radius 2 is 1.76 bits per heavy atom. The number of carboxylic acid groups (broad SMARTS) is 1. The highest BCUT2D eigenvalue weighted by Crippen LogP contribution is 2.34. The summed E-state index contributed by atoms with van der Waals surface area (Å²) in [6.45, 7) is 6.42. The molecule has 0 atom stereocenters. The number of benzene rings is 1. The molecule has 6 nitrogen and oxygen atoms in total. The molecule has 0 fully saturated rings. The molecule has 0 radical (unpaired) electrons. The fourth-order valence-corrected chi connectivity index (χ4v) is 2.22. The number of aromatic carboxylic acids is 1. The van der Waals surface area contributed by atoms with Crippen LogP contribution < -0.4 is 10.4 Å². The van der Waals surface area contributed by atoms with Crippen LogP contribution in [0.5, 0.6) is 5.75 Å². The molecule has 1 N–H and O–H groups in total. The monoisotopic (exact) mass is 290 g/mol. The van der Waals surface area contributed by atoms with Crippen LogP contribution in [0.3, 0.4) is 0 Å². The number of fused-ring (bicyclic) bond motifs is 1. The summed E-state index contributed by atoms with van der Waals surface area (Å²) in [4.78, 5) is 33.9. The van der Waals surface area contributed by atoms with Crippen LogP contribution in [0.1, 0.15) is 34.0 Å². The molecule has 6 heteroatoms. The van der Waals surface area contributed by atoms with Crippen molar-refractivity contribution in [2.75, 3.05) is 0 Å². The van der Waals surface area contributed by atoms with Gasteiger partial charge < -0.3 is 14.3 Å². The summed E-state index contributed by atoms with van der Waals surface area (Å²) in [7, 11) is 0. The van der Waals surface area contributed by atoms with E-state index in [-0.39, 0.29) is 0 Å². The number of carbonyl (C=O) groups is 2. The third-order valence-corrected chi connectivity index (χ3v) is 3.41. The second-order valence-corrected chi connectivity index (χ2v) is 4.79. The van der Waals surface area contributed by atoms with Crippen LogP contribution in [0, 0.1) is 20.8 Å². The van der Waals surface area contributed by atoms with Crippen LogP contribution in [0.4, 0.5) is 0 Å². The van der Waals surface area contributed by atoms with Crippen LogP contribution in [0.15, 0.2) is 15.3 Å². The maximum Gasteiger partial charge on any atom is 0.351 e. The first kappa shape index (κ1) is 14.8. The predicted molar refractivity (Wildman–Crippen MR) is 75.0 cm³/mol. The molecule has 1 aromatic carbocycles. The molecule has 2 aromatic rings. The molecular weight excluding hydrogens is 276 g/mol. The molecule has 0 saturated carbocycles. The first-order valence-electron chi connectivity index (χ1n) is 6.23. The average Bonchev–Trinajstić information content (AvgIpc) is 2.40. The Bertz CT molecular complexity index is 828. The molecule has 0 unspecified atom stereocenters. The molecule has 1 aromatic heterocycles. The molecule has 1 heterocycles. The van der Waals surface area contributed by atoms with Crippen LogP contribution in [-0.2, 0) is 4.79 Å². The highest BCUT2D eigenvalue weighted by atomic mass is 16.5. The van der Waals surface area contributed by atoms with E-state index in [1.54, 1.807) is 20.8 Å². The van der Waals surface area contributed by atoms with Gasteiger partial charge in [-0.3, -0.25) is 4.79 Å². The highest BCUT2D eigenvalue weighted by Gasteiger charge is 2.20. The van der Waals surface area contributed by atoms with Crippen molar-refractivity contribution in [3.8, 4) is 5.75 Å². The van der Waals surface area contributed by atoms with Gasteiger partial charge in [-0.2, -0.15) is 0 Å². The van der Waals surface area contributed by atoms with Crippen molar-refractivity contribution in [2.45, 2.75) is 27.7 Å². The first-order valence-corrected chi connectivity index (χ1v) is 6.23. The minimum Gasteiger partial charge on any atom is -0.477 e. The molecule has 0 spiro atoms. The van der Waals surface area contributed by atoms with Gasteiger partial charge in [0.15, 0.2) is 0 Å². The predicted octanol–water partition coefficient (Wildman–Crippen LogP) is 2.34. The molecule has 0 amide bonds. The summed E-state index contributed by atoms with van der Waals surface area (Å²) in [5.41, 5.74) is 0.785. The number of carbonyl (C=O) groups excluding carboxylic acids is 1. The van der Waals surface area contributed by atoms with Crippen molar-refractivity contribution in [1.82, 2.24) is 0 Å². The van der Waals surface area contributed by atoms with E-state index in [2.05, 4.69) is 0 Å². The van der Waals surface area contributed by atoms with Gasteiger partial charge in [0.25, 0.3) is 0 Å². The smallest absolute Gasteiger partial charge is 0.351 e. The Labute approximate surface area is 119 Å². The standard InChI is InChI=1S/C15H14O6/c1-6-7(2)13-10(8(3)12(6)20-9(4)16)5-11(14(17)18)15(19)21-13/h5H,1-4H3,(H,17,18). The van der Waals surface area contributed by atoms with E-state index >= 15 is 0 Å². The molecule has 2 rings (SSSR count). The zero-order valence-corrected chi connectivity index (χ0v) is 12.1. The molecule has 21 heavy (non-hydrogen) atoms. The normalized spacial score (nSPS) is 10.7. The van der Waals surface area contributed by atoms with E-state index in [0.29, 0.717) is 33.4 Å². The van der Waals surface area contributed by atoms with Gasteiger partial charge in [0.2, 0.25) is 0 Å². The Morgan fingerprint density at radius 3 is 2.29 bits per heavy atom. The highest BCUT2D eigenvalue weighted by molar-refractivity contribution is 5.95. The lowest BCUT2D eigenvalue weighted by molar-refractivity contribution is -0.131. The number of ether oxygens (including phenoxy) is 1. The Morgan fingerprint density at radius 1 is 1.14 bits per heavy atom.